The summed E-state index contributed by atoms with van der Waals surface area (Å²) in [5, 5.41) is 3.16. The van der Waals surface area contributed by atoms with Crippen molar-refractivity contribution >= 4 is 11.9 Å². The van der Waals surface area contributed by atoms with E-state index in [9.17, 15) is 0 Å². The van der Waals surface area contributed by atoms with Crippen molar-refractivity contribution in [2.24, 2.45) is 0 Å². The van der Waals surface area contributed by atoms with E-state index in [1.165, 1.54) is 0 Å². The third kappa shape index (κ3) is 1.68. The molecule has 0 saturated heterocycles. The lowest BCUT2D eigenvalue weighted by Gasteiger charge is -2.10. The van der Waals surface area contributed by atoms with Gasteiger partial charge >= 0.3 is 0 Å². The molecular formula is C8H12N6. The highest BCUT2D eigenvalue weighted by molar-refractivity contribution is 5.29. The molecular weight excluding hydrogens is 180 g/mol. The molecule has 0 amide bonds. The van der Waals surface area contributed by atoms with Gasteiger partial charge < -0.3 is 21.0 Å². The van der Waals surface area contributed by atoms with Crippen LogP contribution >= 0.6 is 0 Å². The van der Waals surface area contributed by atoms with E-state index in [0.29, 0.717) is 5.95 Å². The van der Waals surface area contributed by atoms with Gasteiger partial charge in [-0.3, -0.25) is 0 Å². The number of hydrogen-bond donors (Lipinski definition) is 4. The first kappa shape index (κ1) is 8.61. The molecule has 2 aromatic rings. The van der Waals surface area contributed by atoms with Crippen LogP contribution in [0.15, 0.2) is 18.6 Å². The van der Waals surface area contributed by atoms with Crippen molar-refractivity contribution in [2.45, 2.75) is 13.0 Å². The van der Waals surface area contributed by atoms with Gasteiger partial charge in [-0.1, -0.05) is 0 Å². The zero-order valence-electron chi connectivity index (χ0n) is 7.78. The van der Waals surface area contributed by atoms with E-state index in [1.807, 2.05) is 6.92 Å². The number of anilines is 2. The number of aromatic amines is 2. The first-order valence-corrected chi connectivity index (χ1v) is 4.32. The molecule has 0 radical (unpaired) electrons. The lowest BCUT2D eigenvalue weighted by Crippen LogP contribution is -2.08. The van der Waals surface area contributed by atoms with Gasteiger partial charge in [0.1, 0.15) is 0 Å². The van der Waals surface area contributed by atoms with Gasteiger partial charge in [-0.2, -0.15) is 0 Å². The van der Waals surface area contributed by atoms with Gasteiger partial charge in [0, 0.05) is 12.4 Å². The average molecular weight is 192 g/mol. The monoisotopic (exact) mass is 192 g/mol. The summed E-state index contributed by atoms with van der Waals surface area (Å²) in [5.41, 5.74) is 6.40. The maximum Gasteiger partial charge on any atom is 0.200 e. The zero-order chi connectivity index (χ0) is 9.97. The summed E-state index contributed by atoms with van der Waals surface area (Å²) in [6, 6.07) is 0.0888. The van der Waals surface area contributed by atoms with Gasteiger partial charge in [-0.15, -0.1) is 0 Å². The van der Waals surface area contributed by atoms with Crippen LogP contribution in [0.4, 0.5) is 11.9 Å². The Hall–Kier alpha value is -1.98. The molecule has 0 saturated carbocycles. The van der Waals surface area contributed by atoms with E-state index in [0.717, 1.165) is 11.6 Å². The van der Waals surface area contributed by atoms with E-state index < -0.39 is 0 Å². The molecule has 2 heterocycles. The van der Waals surface area contributed by atoms with Gasteiger partial charge in [0.2, 0.25) is 5.95 Å². The SMILES string of the molecule is CC(Nc1ncc[nH]1)c1cnc(N)[nH]1. The molecule has 5 N–H and O–H groups in total. The summed E-state index contributed by atoms with van der Waals surface area (Å²) in [5.74, 6) is 1.15. The van der Waals surface area contributed by atoms with Crippen molar-refractivity contribution in [3.8, 4) is 0 Å². The maximum absolute atomic E-state index is 5.47. The molecule has 6 heteroatoms. The quantitative estimate of drug-likeness (QED) is 0.580. The van der Waals surface area contributed by atoms with Crippen LogP contribution in [0.1, 0.15) is 18.7 Å². The number of nitrogens with one attached hydrogen (secondary N) is 3. The third-order valence-corrected chi connectivity index (χ3v) is 1.93. The van der Waals surface area contributed by atoms with Crippen LogP contribution in [0, 0.1) is 0 Å². The van der Waals surface area contributed by atoms with Crippen molar-refractivity contribution in [1.29, 1.82) is 0 Å². The smallest absolute Gasteiger partial charge is 0.200 e. The van der Waals surface area contributed by atoms with Gasteiger partial charge in [0.15, 0.2) is 5.95 Å². The van der Waals surface area contributed by atoms with E-state index >= 15 is 0 Å². The Kier molecular flexibility index (Phi) is 2.10. The van der Waals surface area contributed by atoms with Gasteiger partial charge in [-0.05, 0) is 6.92 Å². The minimum absolute atomic E-state index is 0.0888. The number of nitrogens with two attached hydrogens (primary N) is 1. The van der Waals surface area contributed by atoms with Crippen LogP contribution in [0.5, 0.6) is 0 Å². The second-order valence-electron chi connectivity index (χ2n) is 3.03. The number of aromatic nitrogens is 4. The Morgan fingerprint density at radius 2 is 2.36 bits per heavy atom. The average Bonchev–Trinajstić information content (AvgIpc) is 2.75. The number of rotatable bonds is 3. The molecule has 0 bridgehead atoms. The molecule has 14 heavy (non-hydrogen) atoms. The molecule has 0 fully saturated rings. The van der Waals surface area contributed by atoms with Crippen LogP contribution in [-0.2, 0) is 0 Å². The zero-order valence-corrected chi connectivity index (χ0v) is 7.78. The molecule has 0 aliphatic carbocycles. The van der Waals surface area contributed by atoms with Crippen molar-refractivity contribution in [3.05, 3.63) is 24.3 Å². The first-order chi connectivity index (χ1) is 6.75. The van der Waals surface area contributed by atoms with E-state index in [4.69, 9.17) is 5.73 Å². The van der Waals surface area contributed by atoms with Gasteiger partial charge in [0.05, 0.1) is 17.9 Å². The molecule has 1 atom stereocenters. The number of nitrogen functional groups attached to an aromatic ring is 1. The van der Waals surface area contributed by atoms with Crippen LogP contribution in [-0.4, -0.2) is 19.9 Å². The highest BCUT2D eigenvalue weighted by Gasteiger charge is 2.08. The molecule has 2 aromatic heterocycles. The first-order valence-electron chi connectivity index (χ1n) is 4.32. The highest BCUT2D eigenvalue weighted by Crippen LogP contribution is 2.14. The number of hydrogen-bond acceptors (Lipinski definition) is 4. The molecule has 0 aliphatic heterocycles. The summed E-state index contributed by atoms with van der Waals surface area (Å²) >= 11 is 0. The van der Waals surface area contributed by atoms with E-state index in [2.05, 4.69) is 25.3 Å². The minimum Gasteiger partial charge on any atom is -0.369 e. The predicted octanol–water partition coefficient (Wildman–Crippen LogP) is 0.888. The van der Waals surface area contributed by atoms with Crippen molar-refractivity contribution in [1.82, 2.24) is 19.9 Å². The summed E-state index contributed by atoms with van der Waals surface area (Å²) in [6.45, 7) is 2.00. The fraction of sp³-hybridized carbons (Fsp3) is 0.250. The van der Waals surface area contributed by atoms with E-state index in [1.54, 1.807) is 18.6 Å². The molecule has 1 unspecified atom stereocenters. The van der Waals surface area contributed by atoms with Crippen molar-refractivity contribution in [2.75, 3.05) is 11.1 Å². The van der Waals surface area contributed by atoms with Crippen LogP contribution < -0.4 is 11.1 Å². The largest absolute Gasteiger partial charge is 0.369 e. The Balaban J connectivity index is 2.06. The second-order valence-corrected chi connectivity index (χ2v) is 3.03. The molecule has 74 valence electrons. The lowest BCUT2D eigenvalue weighted by molar-refractivity contribution is 0.836. The molecule has 2 rings (SSSR count). The Morgan fingerprint density at radius 1 is 1.50 bits per heavy atom. The topological polar surface area (TPSA) is 95.4 Å². The highest BCUT2D eigenvalue weighted by atomic mass is 15.1. The molecule has 0 spiro atoms. The van der Waals surface area contributed by atoms with Gasteiger partial charge in [-0.25, -0.2) is 9.97 Å². The Bertz CT molecular complexity index is 390. The Morgan fingerprint density at radius 3 is 2.93 bits per heavy atom. The van der Waals surface area contributed by atoms with Gasteiger partial charge in [0.25, 0.3) is 0 Å². The second kappa shape index (κ2) is 3.41. The Labute approximate surface area is 81.0 Å². The van der Waals surface area contributed by atoms with E-state index in [-0.39, 0.29) is 6.04 Å². The van der Waals surface area contributed by atoms with Crippen molar-refractivity contribution in [3.63, 3.8) is 0 Å². The predicted molar refractivity (Wildman–Crippen MR) is 53.6 cm³/mol. The number of imidazole rings is 2. The van der Waals surface area contributed by atoms with Crippen molar-refractivity contribution < 1.29 is 0 Å². The maximum atomic E-state index is 5.47. The molecule has 0 aromatic carbocycles. The fourth-order valence-corrected chi connectivity index (χ4v) is 1.20. The summed E-state index contributed by atoms with van der Waals surface area (Å²) < 4.78 is 0. The third-order valence-electron chi connectivity index (χ3n) is 1.93. The van der Waals surface area contributed by atoms with Crippen LogP contribution in [0.25, 0.3) is 0 Å². The van der Waals surface area contributed by atoms with Crippen LogP contribution in [0.2, 0.25) is 0 Å². The summed E-state index contributed by atoms with van der Waals surface area (Å²) in [7, 11) is 0. The minimum atomic E-state index is 0.0888. The number of H-pyrrole nitrogens is 2. The molecule has 0 aliphatic rings. The lowest BCUT2D eigenvalue weighted by atomic mass is 10.3. The normalized spacial score (nSPS) is 12.6. The summed E-state index contributed by atoms with van der Waals surface area (Å²) in [4.78, 5) is 13.9. The molecule has 6 nitrogen and oxygen atoms in total. The number of nitrogens with zero attached hydrogens (tertiary/aromatic N) is 2. The van der Waals surface area contributed by atoms with Crippen LogP contribution in [0.3, 0.4) is 0 Å². The fourth-order valence-electron chi connectivity index (χ4n) is 1.20. The standard InChI is InChI=1S/C8H12N6/c1-5(6-4-12-7(9)14-6)13-8-10-2-3-11-8/h2-5H,1H3,(H3,9,12,14)(H2,10,11,13). The summed E-state index contributed by atoms with van der Waals surface area (Å²) in [6.07, 6.45) is 5.16.